The van der Waals surface area contributed by atoms with E-state index in [0.29, 0.717) is 11.3 Å². The minimum absolute atomic E-state index is 0.308. The van der Waals surface area contributed by atoms with Crippen LogP contribution in [-0.2, 0) is 7.05 Å². The van der Waals surface area contributed by atoms with E-state index in [4.69, 9.17) is 4.42 Å². The first-order valence-electron chi connectivity index (χ1n) is 9.31. The molecule has 0 aliphatic heterocycles. The summed E-state index contributed by atoms with van der Waals surface area (Å²) in [5.41, 5.74) is 7.18. The first-order valence-corrected chi connectivity index (χ1v) is 9.31. The number of hydrazine groups is 1. The quantitative estimate of drug-likeness (QED) is 0.520. The van der Waals surface area contributed by atoms with Crippen LogP contribution in [0.25, 0.3) is 21.9 Å². The fourth-order valence-corrected chi connectivity index (χ4v) is 3.36. The van der Waals surface area contributed by atoms with Crippen LogP contribution in [-0.4, -0.2) is 28.5 Å². The Balaban J connectivity index is 1.43. The summed E-state index contributed by atoms with van der Waals surface area (Å²) in [4.78, 5) is 26.6. The highest BCUT2D eigenvalue weighted by Gasteiger charge is 2.22. The van der Waals surface area contributed by atoms with Gasteiger partial charge in [-0.25, -0.2) is 10.2 Å². The molecule has 0 bridgehead atoms. The van der Waals surface area contributed by atoms with Gasteiger partial charge in [0.25, 0.3) is 5.91 Å². The number of carbonyl (C=O) groups is 2. The van der Waals surface area contributed by atoms with Gasteiger partial charge in [-0.3, -0.25) is 10.2 Å². The molecule has 148 valence electrons. The predicted octanol–water partition coefficient (Wildman–Crippen LogP) is 3.97. The molecule has 29 heavy (non-hydrogen) atoms. The number of rotatable bonds is 3. The summed E-state index contributed by atoms with van der Waals surface area (Å²) in [6, 6.07) is 16.5. The lowest BCUT2D eigenvalue weighted by Gasteiger charge is -2.23. The molecule has 2 aromatic carbocycles. The lowest BCUT2D eigenvalue weighted by Crippen LogP contribution is -2.48. The number of nitrogens with zero attached hydrogens (tertiary/aromatic N) is 2. The van der Waals surface area contributed by atoms with Crippen molar-refractivity contribution in [2.24, 2.45) is 7.05 Å². The molecule has 1 atom stereocenters. The molecule has 4 rings (SSSR count). The Morgan fingerprint density at radius 3 is 2.59 bits per heavy atom. The smallest absolute Gasteiger partial charge is 0.336 e. The van der Waals surface area contributed by atoms with Gasteiger partial charge in [-0.05, 0) is 25.1 Å². The average Bonchev–Trinajstić information content (AvgIpc) is 3.32. The number of para-hydroxylation sites is 2. The van der Waals surface area contributed by atoms with E-state index < -0.39 is 6.03 Å². The van der Waals surface area contributed by atoms with Gasteiger partial charge in [-0.2, -0.15) is 0 Å². The third kappa shape index (κ3) is 3.42. The van der Waals surface area contributed by atoms with Gasteiger partial charge < -0.3 is 13.9 Å². The summed E-state index contributed by atoms with van der Waals surface area (Å²) >= 11 is 0. The summed E-state index contributed by atoms with van der Waals surface area (Å²) < 4.78 is 7.71. The van der Waals surface area contributed by atoms with E-state index in [1.54, 1.807) is 13.2 Å². The molecule has 3 amide bonds. The third-order valence-corrected chi connectivity index (χ3v) is 5.18. The van der Waals surface area contributed by atoms with Crippen molar-refractivity contribution in [2.75, 3.05) is 7.05 Å². The van der Waals surface area contributed by atoms with Gasteiger partial charge in [0.2, 0.25) is 0 Å². The molecule has 0 spiro atoms. The van der Waals surface area contributed by atoms with Crippen molar-refractivity contribution < 1.29 is 14.0 Å². The second-order valence-electron chi connectivity index (χ2n) is 7.03. The van der Waals surface area contributed by atoms with Gasteiger partial charge in [0.1, 0.15) is 11.3 Å². The van der Waals surface area contributed by atoms with Crippen LogP contribution in [0.15, 0.2) is 65.2 Å². The fourth-order valence-electron chi connectivity index (χ4n) is 3.36. The number of fused-ring (bicyclic) bond motifs is 2. The van der Waals surface area contributed by atoms with Crippen LogP contribution < -0.4 is 10.9 Å². The molecule has 2 aromatic heterocycles. The summed E-state index contributed by atoms with van der Waals surface area (Å²) in [5.74, 6) is 0.296. The number of hydrogen-bond donors (Lipinski definition) is 2. The highest BCUT2D eigenvalue weighted by molar-refractivity contribution is 6.07. The van der Waals surface area contributed by atoms with Crippen molar-refractivity contribution in [3.63, 3.8) is 0 Å². The number of urea groups is 1. The van der Waals surface area contributed by atoms with Crippen molar-refractivity contribution in [1.29, 1.82) is 0 Å². The second kappa shape index (κ2) is 7.35. The van der Waals surface area contributed by atoms with Crippen LogP contribution in [0.2, 0.25) is 0 Å². The Bertz CT molecular complexity index is 1170. The molecule has 0 aliphatic carbocycles. The van der Waals surface area contributed by atoms with Crippen molar-refractivity contribution in [2.45, 2.75) is 13.0 Å². The Morgan fingerprint density at radius 2 is 1.79 bits per heavy atom. The molecule has 0 saturated heterocycles. The lowest BCUT2D eigenvalue weighted by molar-refractivity contribution is 0.0930. The zero-order valence-electron chi connectivity index (χ0n) is 16.5. The molecule has 0 aliphatic rings. The van der Waals surface area contributed by atoms with Crippen LogP contribution in [0, 0.1) is 0 Å². The van der Waals surface area contributed by atoms with E-state index in [9.17, 15) is 9.59 Å². The van der Waals surface area contributed by atoms with E-state index in [2.05, 4.69) is 10.9 Å². The Hall–Kier alpha value is -3.74. The van der Waals surface area contributed by atoms with E-state index in [-0.39, 0.29) is 11.9 Å². The maximum absolute atomic E-state index is 12.6. The summed E-state index contributed by atoms with van der Waals surface area (Å²) in [7, 11) is 3.53. The molecular weight excluding hydrogens is 368 g/mol. The molecule has 2 N–H and O–H groups in total. The molecule has 7 heteroatoms. The number of aryl methyl sites for hydroxylation is 1. The minimum Gasteiger partial charge on any atom is -0.459 e. The number of furan rings is 1. The topological polar surface area (TPSA) is 79.5 Å². The molecule has 0 radical (unpaired) electrons. The Kier molecular flexibility index (Phi) is 4.72. The van der Waals surface area contributed by atoms with Gasteiger partial charge in [-0.15, -0.1) is 0 Å². The van der Waals surface area contributed by atoms with Crippen LogP contribution in [0.4, 0.5) is 4.79 Å². The van der Waals surface area contributed by atoms with E-state index in [1.807, 2.05) is 73.1 Å². The zero-order chi connectivity index (χ0) is 20.5. The first kappa shape index (κ1) is 18.6. The van der Waals surface area contributed by atoms with E-state index >= 15 is 0 Å². The SMILES string of the molecule is C[C@H](c1cc2ccccc2o1)N(C)C(=O)NNC(=O)c1cn(C)c2ccccc12. The number of nitrogens with one attached hydrogen (secondary N) is 2. The maximum Gasteiger partial charge on any atom is 0.336 e. The zero-order valence-corrected chi connectivity index (χ0v) is 16.5. The summed E-state index contributed by atoms with van der Waals surface area (Å²) in [5, 5.41) is 1.80. The number of aromatic nitrogens is 1. The van der Waals surface area contributed by atoms with Crippen LogP contribution in [0.1, 0.15) is 29.1 Å². The number of hydrogen-bond acceptors (Lipinski definition) is 3. The summed E-state index contributed by atoms with van der Waals surface area (Å²) in [6.07, 6.45) is 1.74. The number of benzene rings is 2. The van der Waals surface area contributed by atoms with Crippen molar-refractivity contribution in [3.05, 3.63) is 72.1 Å². The van der Waals surface area contributed by atoms with Gasteiger partial charge in [0, 0.05) is 36.6 Å². The van der Waals surface area contributed by atoms with E-state index in [1.165, 1.54) is 4.90 Å². The van der Waals surface area contributed by atoms with Crippen LogP contribution in [0.5, 0.6) is 0 Å². The normalized spacial score (nSPS) is 12.1. The molecule has 0 fully saturated rings. The number of carbonyl (C=O) groups excluding carboxylic acids is 2. The molecule has 7 nitrogen and oxygen atoms in total. The highest BCUT2D eigenvalue weighted by atomic mass is 16.3. The van der Waals surface area contributed by atoms with E-state index in [0.717, 1.165) is 21.9 Å². The van der Waals surface area contributed by atoms with Gasteiger partial charge >= 0.3 is 6.03 Å². The summed E-state index contributed by atoms with van der Waals surface area (Å²) in [6.45, 7) is 1.86. The monoisotopic (exact) mass is 390 g/mol. The van der Waals surface area contributed by atoms with Gasteiger partial charge in [0.15, 0.2) is 0 Å². The van der Waals surface area contributed by atoms with Crippen LogP contribution in [0.3, 0.4) is 0 Å². The van der Waals surface area contributed by atoms with Crippen molar-refractivity contribution in [1.82, 2.24) is 20.3 Å². The van der Waals surface area contributed by atoms with Gasteiger partial charge in [0.05, 0.1) is 11.6 Å². The second-order valence-corrected chi connectivity index (χ2v) is 7.03. The highest BCUT2D eigenvalue weighted by Crippen LogP contribution is 2.26. The molecule has 4 aromatic rings. The maximum atomic E-state index is 12.6. The third-order valence-electron chi connectivity index (χ3n) is 5.18. The molecule has 2 heterocycles. The largest absolute Gasteiger partial charge is 0.459 e. The Labute approximate surface area is 167 Å². The van der Waals surface area contributed by atoms with Crippen molar-refractivity contribution in [3.8, 4) is 0 Å². The number of amides is 3. The first-order chi connectivity index (χ1) is 14.0. The standard InChI is InChI=1S/C22H22N4O3/c1-14(20-12-15-8-4-7-11-19(15)29-20)26(3)22(28)24-23-21(27)17-13-25(2)18-10-6-5-9-16(17)18/h4-14H,1-3H3,(H,23,27)(H,24,28)/t14-/m1/s1. The molecule has 0 saturated carbocycles. The van der Waals surface area contributed by atoms with Crippen molar-refractivity contribution >= 4 is 33.8 Å². The lowest BCUT2D eigenvalue weighted by atomic mass is 10.2. The van der Waals surface area contributed by atoms with Crippen LogP contribution >= 0.6 is 0 Å². The molecule has 0 unspecified atom stereocenters. The Morgan fingerprint density at radius 1 is 1.07 bits per heavy atom. The predicted molar refractivity (Wildman–Crippen MR) is 111 cm³/mol. The molecular formula is C22H22N4O3. The average molecular weight is 390 g/mol. The fraction of sp³-hybridized carbons (Fsp3) is 0.182. The minimum atomic E-state index is -0.438. The van der Waals surface area contributed by atoms with Gasteiger partial charge in [-0.1, -0.05) is 36.4 Å².